The molecule has 3 atom stereocenters. The van der Waals surface area contributed by atoms with Crippen LogP contribution in [0.25, 0.3) is 0 Å². The summed E-state index contributed by atoms with van der Waals surface area (Å²) in [5.74, 6) is 3.96. The standard InChI is InChI=1S/C11H20N2S/c1-4-9(2)13-11(8-12)6-5-7-14-10(11)3/h1,9-10,13H,5-8,12H2,2-3H3. The van der Waals surface area contributed by atoms with Crippen molar-refractivity contribution in [2.24, 2.45) is 5.73 Å². The molecule has 1 heterocycles. The minimum atomic E-state index is 0.0503. The molecule has 1 fully saturated rings. The Kier molecular flexibility index (Phi) is 4.31. The van der Waals surface area contributed by atoms with Crippen LogP contribution in [0.2, 0.25) is 0 Å². The van der Waals surface area contributed by atoms with E-state index in [4.69, 9.17) is 12.2 Å². The van der Waals surface area contributed by atoms with Gasteiger partial charge in [-0.3, -0.25) is 5.32 Å². The van der Waals surface area contributed by atoms with Crippen molar-refractivity contribution in [1.29, 1.82) is 0 Å². The second-order valence-electron chi connectivity index (χ2n) is 4.01. The van der Waals surface area contributed by atoms with Crippen molar-refractivity contribution in [2.75, 3.05) is 12.3 Å². The summed E-state index contributed by atoms with van der Waals surface area (Å²) in [6.45, 7) is 4.93. The van der Waals surface area contributed by atoms with Crippen molar-refractivity contribution in [3.05, 3.63) is 0 Å². The molecule has 3 unspecified atom stereocenters. The monoisotopic (exact) mass is 212 g/mol. The Hall–Kier alpha value is -0.170. The van der Waals surface area contributed by atoms with Crippen LogP contribution in [0.5, 0.6) is 0 Å². The smallest absolute Gasteiger partial charge is 0.0663 e. The molecule has 80 valence electrons. The molecule has 0 aromatic carbocycles. The Morgan fingerprint density at radius 2 is 2.50 bits per heavy atom. The van der Waals surface area contributed by atoms with Crippen molar-refractivity contribution in [1.82, 2.24) is 5.32 Å². The van der Waals surface area contributed by atoms with Crippen LogP contribution in [-0.2, 0) is 0 Å². The van der Waals surface area contributed by atoms with E-state index in [2.05, 4.69) is 18.2 Å². The first-order valence-corrected chi connectivity index (χ1v) is 6.25. The van der Waals surface area contributed by atoms with Gasteiger partial charge >= 0.3 is 0 Å². The molecule has 0 aliphatic carbocycles. The molecule has 1 aliphatic rings. The fourth-order valence-electron chi connectivity index (χ4n) is 2.00. The van der Waals surface area contributed by atoms with Gasteiger partial charge in [-0.25, -0.2) is 0 Å². The maximum atomic E-state index is 5.89. The van der Waals surface area contributed by atoms with Gasteiger partial charge in [-0.2, -0.15) is 11.8 Å². The molecule has 0 amide bonds. The van der Waals surface area contributed by atoms with Gasteiger partial charge in [-0.15, -0.1) is 6.42 Å². The lowest BCUT2D eigenvalue weighted by Crippen LogP contribution is -2.61. The van der Waals surface area contributed by atoms with Crippen LogP contribution >= 0.6 is 11.8 Å². The van der Waals surface area contributed by atoms with E-state index in [9.17, 15) is 0 Å². The number of nitrogens with two attached hydrogens (primary N) is 1. The van der Waals surface area contributed by atoms with Gasteiger partial charge in [0.2, 0.25) is 0 Å². The molecule has 3 heteroatoms. The first-order valence-electron chi connectivity index (χ1n) is 5.20. The van der Waals surface area contributed by atoms with Crippen molar-refractivity contribution >= 4 is 11.8 Å². The normalized spacial score (nSPS) is 34.9. The summed E-state index contributed by atoms with van der Waals surface area (Å²) in [6.07, 6.45) is 7.76. The maximum absolute atomic E-state index is 5.89. The van der Waals surface area contributed by atoms with Crippen molar-refractivity contribution in [2.45, 2.75) is 43.5 Å². The number of thioether (sulfide) groups is 1. The van der Waals surface area contributed by atoms with Crippen LogP contribution in [0.4, 0.5) is 0 Å². The highest BCUT2D eigenvalue weighted by Gasteiger charge is 2.37. The molecule has 14 heavy (non-hydrogen) atoms. The molecule has 0 radical (unpaired) electrons. The molecular weight excluding hydrogens is 192 g/mol. The lowest BCUT2D eigenvalue weighted by atomic mass is 9.88. The van der Waals surface area contributed by atoms with Gasteiger partial charge in [0.1, 0.15) is 0 Å². The molecule has 0 spiro atoms. The van der Waals surface area contributed by atoms with Crippen LogP contribution in [0, 0.1) is 12.3 Å². The van der Waals surface area contributed by atoms with E-state index in [-0.39, 0.29) is 11.6 Å². The lowest BCUT2D eigenvalue weighted by molar-refractivity contribution is 0.288. The fourth-order valence-corrected chi connectivity index (χ4v) is 3.27. The third kappa shape index (κ3) is 2.44. The summed E-state index contributed by atoms with van der Waals surface area (Å²) in [6, 6.07) is 0.111. The van der Waals surface area contributed by atoms with Crippen molar-refractivity contribution in [3.63, 3.8) is 0 Å². The predicted octanol–water partition coefficient (Wildman–Crippen LogP) is 1.21. The van der Waals surface area contributed by atoms with Crippen LogP contribution in [-0.4, -0.2) is 29.1 Å². The van der Waals surface area contributed by atoms with Gasteiger partial charge in [0, 0.05) is 17.3 Å². The number of rotatable bonds is 3. The highest BCUT2D eigenvalue weighted by molar-refractivity contribution is 8.00. The molecule has 2 nitrogen and oxygen atoms in total. The second kappa shape index (κ2) is 5.06. The summed E-state index contributed by atoms with van der Waals surface area (Å²) in [5.41, 5.74) is 5.94. The Morgan fingerprint density at radius 1 is 1.79 bits per heavy atom. The zero-order chi connectivity index (χ0) is 10.6. The minimum absolute atomic E-state index is 0.0503. The molecule has 0 saturated carbocycles. The Morgan fingerprint density at radius 3 is 3.00 bits per heavy atom. The van der Waals surface area contributed by atoms with Crippen LogP contribution < -0.4 is 11.1 Å². The average molecular weight is 212 g/mol. The van der Waals surface area contributed by atoms with Gasteiger partial charge in [0.15, 0.2) is 0 Å². The SMILES string of the molecule is C#CC(C)NC1(CN)CCCSC1C. The quantitative estimate of drug-likeness (QED) is 0.691. The molecule has 0 aromatic rings. The van der Waals surface area contributed by atoms with Crippen LogP contribution in [0.15, 0.2) is 0 Å². The first kappa shape index (κ1) is 11.9. The van der Waals surface area contributed by atoms with Gasteiger partial charge < -0.3 is 5.73 Å². The third-order valence-electron chi connectivity index (χ3n) is 3.03. The summed E-state index contributed by atoms with van der Waals surface area (Å²) < 4.78 is 0. The zero-order valence-corrected chi connectivity index (χ0v) is 9.86. The maximum Gasteiger partial charge on any atom is 0.0663 e. The van der Waals surface area contributed by atoms with E-state index in [0.29, 0.717) is 11.8 Å². The predicted molar refractivity (Wildman–Crippen MR) is 64.4 cm³/mol. The summed E-state index contributed by atoms with van der Waals surface area (Å²) in [7, 11) is 0. The van der Waals surface area contributed by atoms with Crippen molar-refractivity contribution in [3.8, 4) is 12.3 Å². The second-order valence-corrected chi connectivity index (χ2v) is 5.46. The Labute approximate surface area is 91.4 Å². The van der Waals surface area contributed by atoms with Gasteiger partial charge in [-0.1, -0.05) is 12.8 Å². The fraction of sp³-hybridized carbons (Fsp3) is 0.818. The summed E-state index contributed by atoms with van der Waals surface area (Å²) >= 11 is 1.99. The topological polar surface area (TPSA) is 38.0 Å². The van der Waals surface area contributed by atoms with E-state index >= 15 is 0 Å². The molecule has 0 bridgehead atoms. The van der Waals surface area contributed by atoms with E-state index in [1.165, 1.54) is 12.2 Å². The van der Waals surface area contributed by atoms with Crippen LogP contribution in [0.3, 0.4) is 0 Å². The molecule has 1 saturated heterocycles. The number of hydrogen-bond donors (Lipinski definition) is 2. The number of nitrogens with one attached hydrogen (secondary N) is 1. The summed E-state index contributed by atoms with van der Waals surface area (Å²) in [5, 5.41) is 4.05. The van der Waals surface area contributed by atoms with Crippen LogP contribution in [0.1, 0.15) is 26.7 Å². The van der Waals surface area contributed by atoms with Crippen molar-refractivity contribution < 1.29 is 0 Å². The van der Waals surface area contributed by atoms with Gasteiger partial charge in [0.05, 0.1) is 6.04 Å². The van der Waals surface area contributed by atoms with Gasteiger partial charge in [0.25, 0.3) is 0 Å². The molecule has 0 aromatic heterocycles. The first-order chi connectivity index (χ1) is 6.64. The molecule has 1 aliphatic heterocycles. The third-order valence-corrected chi connectivity index (χ3v) is 4.51. The highest BCUT2D eigenvalue weighted by atomic mass is 32.2. The Bertz CT molecular complexity index is 224. The van der Waals surface area contributed by atoms with Gasteiger partial charge in [-0.05, 0) is 25.5 Å². The summed E-state index contributed by atoms with van der Waals surface area (Å²) in [4.78, 5) is 0. The molecule has 3 N–H and O–H groups in total. The molecular formula is C11H20N2S. The minimum Gasteiger partial charge on any atom is -0.329 e. The number of hydrogen-bond acceptors (Lipinski definition) is 3. The van der Waals surface area contributed by atoms with E-state index in [0.717, 1.165) is 6.42 Å². The lowest BCUT2D eigenvalue weighted by Gasteiger charge is -2.43. The highest BCUT2D eigenvalue weighted by Crippen LogP contribution is 2.33. The number of terminal acetylenes is 1. The largest absolute Gasteiger partial charge is 0.329 e. The zero-order valence-electron chi connectivity index (χ0n) is 9.05. The molecule has 1 rings (SSSR count). The van der Waals surface area contributed by atoms with E-state index < -0.39 is 0 Å². The van der Waals surface area contributed by atoms with E-state index in [1.807, 2.05) is 18.7 Å². The van der Waals surface area contributed by atoms with E-state index in [1.54, 1.807) is 0 Å². The average Bonchev–Trinajstić information content (AvgIpc) is 2.21. The Balaban J connectivity index is 2.68.